The predicted molar refractivity (Wildman–Crippen MR) is 154 cm³/mol. The molecule has 6 rings (SSSR count). The molecular formula is C31H33N3O5S. The fraction of sp³-hybridized carbons (Fsp3) is 0.355. The molecule has 3 N–H and O–H groups in total. The van der Waals surface area contributed by atoms with Crippen LogP contribution in [0.1, 0.15) is 59.8 Å². The third-order valence-corrected chi connectivity index (χ3v) is 10.2. The first-order chi connectivity index (χ1) is 19.0. The van der Waals surface area contributed by atoms with Crippen molar-refractivity contribution in [2.75, 3.05) is 16.8 Å². The van der Waals surface area contributed by atoms with Gasteiger partial charge in [-0.05, 0) is 78.1 Å². The van der Waals surface area contributed by atoms with Crippen molar-refractivity contribution in [2.24, 2.45) is 10.6 Å². The molecule has 1 saturated carbocycles. The summed E-state index contributed by atoms with van der Waals surface area (Å²) in [5.41, 5.74) is 4.96. The van der Waals surface area contributed by atoms with Crippen molar-refractivity contribution < 1.29 is 22.7 Å². The number of benzene rings is 3. The highest BCUT2D eigenvalue weighted by Gasteiger charge is 2.59. The van der Waals surface area contributed by atoms with Crippen LogP contribution in [0.15, 0.2) is 72.8 Å². The van der Waals surface area contributed by atoms with Crippen molar-refractivity contribution >= 4 is 33.3 Å². The smallest absolute Gasteiger partial charge is 0.414 e. The third-order valence-electron chi connectivity index (χ3n) is 8.51. The van der Waals surface area contributed by atoms with Crippen LogP contribution < -0.4 is 15.4 Å². The minimum Gasteiger partial charge on any atom is -0.447 e. The summed E-state index contributed by atoms with van der Waals surface area (Å²) in [5.74, 6) is -0.423. The van der Waals surface area contributed by atoms with Crippen molar-refractivity contribution in [1.29, 1.82) is 0 Å². The Labute approximate surface area is 234 Å². The van der Waals surface area contributed by atoms with Crippen LogP contribution in [0.25, 0.3) is 0 Å². The van der Waals surface area contributed by atoms with Crippen LogP contribution in [0.5, 0.6) is 0 Å². The molecule has 208 valence electrons. The van der Waals surface area contributed by atoms with E-state index in [9.17, 15) is 18.0 Å². The topological polar surface area (TPSA) is 119 Å². The van der Waals surface area contributed by atoms with Crippen molar-refractivity contribution in [2.45, 2.75) is 56.4 Å². The van der Waals surface area contributed by atoms with Crippen LogP contribution in [0.2, 0.25) is 0 Å². The van der Waals surface area contributed by atoms with Crippen molar-refractivity contribution in [1.82, 2.24) is 0 Å². The number of anilines is 2. The molecule has 0 aromatic heterocycles. The number of sulfonamides is 1. The lowest BCUT2D eigenvalue weighted by molar-refractivity contribution is 0.0978. The van der Waals surface area contributed by atoms with Gasteiger partial charge >= 0.3 is 6.09 Å². The molecule has 0 bridgehead atoms. The summed E-state index contributed by atoms with van der Waals surface area (Å²) in [6.45, 7) is 4.65. The first kappa shape index (κ1) is 26.5. The third kappa shape index (κ3) is 4.57. The maximum atomic E-state index is 13.1. The number of primary sulfonamides is 1. The first-order valence-corrected chi connectivity index (χ1v) is 15.1. The van der Waals surface area contributed by atoms with Crippen LogP contribution in [0, 0.1) is 5.41 Å². The molecule has 2 aliphatic heterocycles. The van der Waals surface area contributed by atoms with Gasteiger partial charge in [0, 0.05) is 16.9 Å². The number of carbonyl (C=O) groups excluding carboxylic acids is 2. The van der Waals surface area contributed by atoms with Gasteiger partial charge in [0.2, 0.25) is 10.0 Å². The molecule has 2 fully saturated rings. The highest BCUT2D eigenvalue weighted by atomic mass is 32.2. The number of carbonyl (C=O) groups is 2. The van der Waals surface area contributed by atoms with Gasteiger partial charge in [0.15, 0.2) is 5.78 Å². The number of fused-ring (bicyclic) bond motifs is 1. The van der Waals surface area contributed by atoms with Crippen molar-refractivity contribution in [3.63, 3.8) is 0 Å². The number of nitrogens with zero attached hydrogens (tertiary/aromatic N) is 1. The van der Waals surface area contributed by atoms with Gasteiger partial charge in [-0.25, -0.2) is 18.4 Å². The largest absolute Gasteiger partial charge is 0.447 e. The second-order valence-electron chi connectivity index (χ2n) is 11.9. The summed E-state index contributed by atoms with van der Waals surface area (Å²) >= 11 is 0. The number of hydrogen-bond donors (Lipinski definition) is 2. The number of rotatable bonds is 7. The van der Waals surface area contributed by atoms with Crippen LogP contribution in [-0.2, 0) is 27.6 Å². The highest BCUT2D eigenvalue weighted by Crippen LogP contribution is 2.48. The number of Topliss-reactive ketones (excluding diaryl/α,β-unsaturated/α-hetero) is 1. The molecule has 2 heterocycles. The number of nitrogens with two attached hydrogens (primary N) is 1. The van der Waals surface area contributed by atoms with Gasteiger partial charge < -0.3 is 10.1 Å². The Morgan fingerprint density at radius 2 is 1.80 bits per heavy atom. The standard InChI is InChI=1S/C31H33N3O5S/c1-30(2)18-23-16-22(28(35)31(13-14-31)40(32,37)38)11-12-26(23)33-27(30)21-9-6-10-24(17-21)34-25(19-39-29(34)36)15-20-7-4-3-5-8-20/h3-12,16-17,25,27,33H,13-15,18-19H2,1-2H3,(H2,32,37,38)/t25-,27?/m0/s1. The van der Waals surface area contributed by atoms with E-state index < -0.39 is 20.6 Å². The molecule has 0 radical (unpaired) electrons. The Kier molecular flexibility index (Phi) is 6.27. The van der Waals surface area contributed by atoms with Crippen molar-refractivity contribution in [3.8, 4) is 0 Å². The SMILES string of the molecule is CC1(C)Cc2cc(C(=O)C3(S(N)(=O)=O)CC3)ccc2NC1c1cccc(N2C(=O)OC[C@@H]2Cc2ccccc2)c1. The van der Waals surface area contributed by atoms with E-state index >= 15 is 0 Å². The fourth-order valence-electron chi connectivity index (χ4n) is 6.19. The van der Waals surface area contributed by atoms with Gasteiger partial charge in [0.1, 0.15) is 11.4 Å². The zero-order valence-corrected chi connectivity index (χ0v) is 23.4. The lowest BCUT2D eigenvalue weighted by Gasteiger charge is -2.41. The number of ketones is 1. The molecule has 8 nitrogen and oxygen atoms in total. The van der Waals surface area contributed by atoms with Gasteiger partial charge in [-0.2, -0.15) is 0 Å². The highest BCUT2D eigenvalue weighted by molar-refractivity contribution is 7.91. The van der Waals surface area contributed by atoms with E-state index in [4.69, 9.17) is 9.88 Å². The summed E-state index contributed by atoms with van der Waals surface area (Å²) in [7, 11) is -3.97. The van der Waals surface area contributed by atoms with Crippen LogP contribution in [-0.4, -0.2) is 37.7 Å². The molecule has 3 aromatic rings. The lowest BCUT2D eigenvalue weighted by atomic mass is 9.72. The van der Waals surface area contributed by atoms with Gasteiger partial charge in [0.25, 0.3) is 0 Å². The Hall–Kier alpha value is -3.69. The zero-order chi connectivity index (χ0) is 28.3. The van der Waals surface area contributed by atoms with E-state index in [0.29, 0.717) is 25.0 Å². The van der Waals surface area contributed by atoms with E-state index in [1.165, 1.54) is 0 Å². The van der Waals surface area contributed by atoms with E-state index in [-0.39, 0.29) is 36.4 Å². The predicted octanol–water partition coefficient (Wildman–Crippen LogP) is 4.99. The fourth-order valence-corrected chi connectivity index (χ4v) is 7.23. The average molecular weight is 560 g/mol. The Balaban J connectivity index is 1.27. The molecule has 3 aliphatic rings. The molecule has 9 heteroatoms. The summed E-state index contributed by atoms with van der Waals surface area (Å²) in [5, 5.41) is 9.04. The minimum absolute atomic E-state index is 0.0631. The molecule has 2 atom stereocenters. The van der Waals surface area contributed by atoms with Crippen LogP contribution in [0.4, 0.5) is 16.2 Å². The van der Waals surface area contributed by atoms with E-state index in [1.807, 2.05) is 36.4 Å². The summed E-state index contributed by atoms with van der Waals surface area (Å²) in [4.78, 5) is 27.7. The van der Waals surface area contributed by atoms with Crippen LogP contribution >= 0.6 is 0 Å². The molecule has 3 aromatic carbocycles. The lowest BCUT2D eigenvalue weighted by Crippen LogP contribution is -2.38. The number of amides is 1. The van der Waals surface area contributed by atoms with Crippen LogP contribution in [0.3, 0.4) is 0 Å². The Bertz CT molecular complexity index is 1600. The van der Waals surface area contributed by atoms with E-state index in [2.05, 4.69) is 43.4 Å². The Morgan fingerprint density at radius 1 is 1.05 bits per heavy atom. The van der Waals surface area contributed by atoms with Gasteiger partial charge in [-0.1, -0.05) is 56.3 Å². The van der Waals surface area contributed by atoms with Crippen molar-refractivity contribution in [3.05, 3.63) is 95.1 Å². The quantitative estimate of drug-likeness (QED) is 0.394. The summed E-state index contributed by atoms with van der Waals surface area (Å²) in [6.07, 6.45) is 1.56. The molecule has 1 amide bonds. The number of cyclic esters (lactones) is 1. The second-order valence-corrected chi connectivity index (χ2v) is 13.7. The monoisotopic (exact) mass is 559 g/mol. The van der Waals surface area contributed by atoms with E-state index in [0.717, 1.165) is 28.1 Å². The average Bonchev–Trinajstić information content (AvgIpc) is 3.67. The number of nitrogens with one attached hydrogen (secondary N) is 1. The second kappa shape index (κ2) is 9.45. The summed E-state index contributed by atoms with van der Waals surface area (Å²) in [6, 6.07) is 23.3. The normalized spacial score (nSPS) is 22.7. The van der Waals surface area contributed by atoms with E-state index in [1.54, 1.807) is 17.0 Å². The van der Waals surface area contributed by atoms with Gasteiger partial charge in [-0.3, -0.25) is 9.69 Å². The zero-order valence-electron chi connectivity index (χ0n) is 22.6. The first-order valence-electron chi connectivity index (χ1n) is 13.5. The minimum atomic E-state index is -3.97. The maximum Gasteiger partial charge on any atom is 0.414 e. The maximum absolute atomic E-state index is 13.1. The number of ether oxygens (including phenoxy) is 1. The molecular weight excluding hydrogens is 526 g/mol. The molecule has 1 saturated heterocycles. The van der Waals surface area contributed by atoms with Gasteiger partial charge in [0.05, 0.1) is 12.1 Å². The molecule has 40 heavy (non-hydrogen) atoms. The van der Waals surface area contributed by atoms with Gasteiger partial charge in [-0.15, -0.1) is 0 Å². The summed E-state index contributed by atoms with van der Waals surface area (Å²) < 4.78 is 28.2. The Morgan fingerprint density at radius 3 is 2.50 bits per heavy atom. The molecule has 0 spiro atoms. The molecule has 1 unspecified atom stereocenters. The molecule has 1 aliphatic carbocycles. The number of hydrogen-bond acceptors (Lipinski definition) is 6.